The maximum atomic E-state index is 6.27. The fourth-order valence-corrected chi connectivity index (χ4v) is 3.15. The third kappa shape index (κ3) is 1.47. The van der Waals surface area contributed by atoms with E-state index in [1.165, 1.54) is 16.7 Å². The van der Waals surface area contributed by atoms with E-state index < -0.39 is 0 Å². The lowest BCUT2D eigenvalue weighted by Crippen LogP contribution is -2.36. The highest BCUT2D eigenvalue weighted by Gasteiger charge is 2.34. The molecule has 1 atom stereocenters. The third-order valence-corrected chi connectivity index (χ3v) is 4.55. The molecule has 1 aromatic carbocycles. The molecule has 1 unspecified atom stereocenters. The lowest BCUT2D eigenvalue weighted by atomic mass is 9.90. The van der Waals surface area contributed by atoms with Crippen LogP contribution in [0.4, 0.5) is 0 Å². The summed E-state index contributed by atoms with van der Waals surface area (Å²) in [4.78, 5) is 0. The first-order chi connectivity index (χ1) is 6.52. The Balaban J connectivity index is 2.51. The van der Waals surface area contributed by atoms with Crippen LogP contribution in [0.15, 0.2) is 18.2 Å². The minimum Gasteiger partial charge on any atom is -0.323 e. The molecule has 76 valence electrons. The number of rotatable bonds is 0. The number of fused-ring (bicyclic) bond motifs is 1. The summed E-state index contributed by atoms with van der Waals surface area (Å²) < 4.78 is 0.167. The average Bonchev–Trinajstić information content (AvgIpc) is 2.13. The first-order valence-electron chi connectivity index (χ1n) is 5.00. The Kier molecular flexibility index (Phi) is 2.36. The van der Waals surface area contributed by atoms with Crippen LogP contribution in [0.25, 0.3) is 0 Å². The normalized spacial score (nSPS) is 24.4. The summed E-state index contributed by atoms with van der Waals surface area (Å²) in [6, 6.07) is 6.62. The summed E-state index contributed by atoms with van der Waals surface area (Å²) >= 11 is 1.96. The van der Waals surface area contributed by atoms with Gasteiger partial charge in [0.15, 0.2) is 0 Å². The van der Waals surface area contributed by atoms with Crippen molar-refractivity contribution in [2.75, 3.05) is 0 Å². The molecule has 0 saturated heterocycles. The Labute approximate surface area is 90.1 Å². The fraction of sp³-hybridized carbons (Fsp3) is 0.500. The molecule has 0 fully saturated rings. The second-order valence-electron chi connectivity index (χ2n) is 4.51. The van der Waals surface area contributed by atoms with Crippen molar-refractivity contribution in [3.05, 3.63) is 34.9 Å². The Morgan fingerprint density at radius 3 is 2.86 bits per heavy atom. The Morgan fingerprint density at radius 2 is 2.14 bits per heavy atom. The van der Waals surface area contributed by atoms with Crippen molar-refractivity contribution < 1.29 is 0 Å². The van der Waals surface area contributed by atoms with Crippen LogP contribution in [0.5, 0.6) is 0 Å². The average molecular weight is 207 g/mol. The van der Waals surface area contributed by atoms with Gasteiger partial charge < -0.3 is 5.73 Å². The van der Waals surface area contributed by atoms with Gasteiger partial charge in [0.25, 0.3) is 0 Å². The number of benzene rings is 1. The van der Waals surface area contributed by atoms with Gasteiger partial charge in [-0.15, -0.1) is 11.8 Å². The van der Waals surface area contributed by atoms with Gasteiger partial charge in [0, 0.05) is 16.5 Å². The summed E-state index contributed by atoms with van der Waals surface area (Å²) in [5.74, 6) is 1.10. The smallest absolute Gasteiger partial charge is 0.0442 e. The molecule has 1 aliphatic rings. The standard InChI is InChI=1S/C12H17NS/c1-8-5-4-6-9-10(8)7-14-12(2,3)11(9)13/h4-6,11H,7,13H2,1-3H3. The van der Waals surface area contributed by atoms with Crippen LogP contribution in [0.2, 0.25) is 0 Å². The van der Waals surface area contributed by atoms with E-state index in [1.807, 2.05) is 11.8 Å². The van der Waals surface area contributed by atoms with Crippen LogP contribution in [-0.4, -0.2) is 4.75 Å². The van der Waals surface area contributed by atoms with Crippen molar-refractivity contribution in [3.63, 3.8) is 0 Å². The van der Waals surface area contributed by atoms with E-state index in [4.69, 9.17) is 5.73 Å². The van der Waals surface area contributed by atoms with Gasteiger partial charge in [-0.3, -0.25) is 0 Å². The predicted octanol–water partition coefficient (Wildman–Crippen LogP) is 3.02. The molecule has 1 aromatic rings. The maximum absolute atomic E-state index is 6.27. The van der Waals surface area contributed by atoms with Gasteiger partial charge in [0.2, 0.25) is 0 Å². The summed E-state index contributed by atoms with van der Waals surface area (Å²) in [7, 11) is 0. The number of nitrogens with two attached hydrogens (primary N) is 1. The number of hydrogen-bond donors (Lipinski definition) is 1. The minimum atomic E-state index is 0.163. The lowest BCUT2D eigenvalue weighted by molar-refractivity contribution is 0.551. The van der Waals surface area contributed by atoms with Gasteiger partial charge in [-0.25, -0.2) is 0 Å². The van der Waals surface area contributed by atoms with E-state index in [2.05, 4.69) is 39.0 Å². The topological polar surface area (TPSA) is 26.0 Å². The molecule has 1 nitrogen and oxygen atoms in total. The van der Waals surface area contributed by atoms with Gasteiger partial charge in [-0.05, 0) is 37.5 Å². The summed E-state index contributed by atoms with van der Waals surface area (Å²) in [5.41, 5.74) is 10.4. The summed E-state index contributed by atoms with van der Waals surface area (Å²) in [5, 5.41) is 0. The van der Waals surface area contributed by atoms with Gasteiger partial charge in [0.05, 0.1) is 0 Å². The van der Waals surface area contributed by atoms with Crippen LogP contribution in [0.3, 0.4) is 0 Å². The molecule has 1 aliphatic heterocycles. The first-order valence-corrected chi connectivity index (χ1v) is 5.99. The van der Waals surface area contributed by atoms with Crippen molar-refractivity contribution >= 4 is 11.8 Å². The van der Waals surface area contributed by atoms with Crippen LogP contribution >= 0.6 is 11.8 Å². The molecular formula is C12H17NS. The Morgan fingerprint density at radius 1 is 1.43 bits per heavy atom. The molecule has 2 heteroatoms. The van der Waals surface area contributed by atoms with Crippen molar-refractivity contribution in [3.8, 4) is 0 Å². The second-order valence-corrected chi connectivity index (χ2v) is 6.14. The molecule has 2 rings (SSSR count). The highest BCUT2D eigenvalue weighted by Crippen LogP contribution is 2.44. The largest absolute Gasteiger partial charge is 0.323 e. The van der Waals surface area contributed by atoms with Crippen LogP contribution in [0.1, 0.15) is 36.6 Å². The SMILES string of the molecule is Cc1cccc2c1CSC(C)(C)C2N. The highest BCUT2D eigenvalue weighted by atomic mass is 32.2. The van der Waals surface area contributed by atoms with E-state index in [1.54, 1.807) is 0 Å². The molecule has 0 spiro atoms. The minimum absolute atomic E-state index is 0.163. The molecule has 0 bridgehead atoms. The molecule has 1 heterocycles. The van der Waals surface area contributed by atoms with Crippen LogP contribution in [-0.2, 0) is 5.75 Å². The molecule has 0 aromatic heterocycles. The number of hydrogen-bond acceptors (Lipinski definition) is 2. The lowest BCUT2D eigenvalue weighted by Gasteiger charge is -2.37. The zero-order chi connectivity index (χ0) is 10.3. The van der Waals surface area contributed by atoms with E-state index in [-0.39, 0.29) is 10.8 Å². The van der Waals surface area contributed by atoms with Crippen LogP contribution in [0, 0.1) is 6.92 Å². The highest BCUT2D eigenvalue weighted by molar-refractivity contribution is 8.00. The maximum Gasteiger partial charge on any atom is 0.0442 e. The van der Waals surface area contributed by atoms with E-state index in [9.17, 15) is 0 Å². The Hall–Kier alpha value is -0.470. The molecule has 0 saturated carbocycles. The number of aryl methyl sites for hydroxylation is 1. The second kappa shape index (κ2) is 3.28. The van der Waals surface area contributed by atoms with Crippen molar-refractivity contribution in [1.29, 1.82) is 0 Å². The van der Waals surface area contributed by atoms with Gasteiger partial charge >= 0.3 is 0 Å². The first kappa shape index (κ1) is 10.1. The van der Waals surface area contributed by atoms with Crippen LogP contribution < -0.4 is 5.73 Å². The van der Waals surface area contributed by atoms with Crippen molar-refractivity contribution in [2.24, 2.45) is 5.73 Å². The molecule has 2 N–H and O–H groups in total. The number of thioether (sulfide) groups is 1. The van der Waals surface area contributed by atoms with E-state index in [0.29, 0.717) is 0 Å². The zero-order valence-corrected chi connectivity index (χ0v) is 9.82. The quantitative estimate of drug-likeness (QED) is 0.707. The molecule has 14 heavy (non-hydrogen) atoms. The molecule has 0 amide bonds. The van der Waals surface area contributed by atoms with E-state index >= 15 is 0 Å². The predicted molar refractivity (Wildman–Crippen MR) is 63.5 cm³/mol. The monoisotopic (exact) mass is 207 g/mol. The van der Waals surface area contributed by atoms with Gasteiger partial charge in [0.1, 0.15) is 0 Å². The zero-order valence-electron chi connectivity index (χ0n) is 9.00. The molecule has 0 radical (unpaired) electrons. The third-order valence-electron chi connectivity index (χ3n) is 3.12. The van der Waals surface area contributed by atoms with Gasteiger partial charge in [-0.2, -0.15) is 0 Å². The summed E-state index contributed by atoms with van der Waals surface area (Å²) in [6.45, 7) is 6.63. The summed E-state index contributed by atoms with van der Waals surface area (Å²) in [6.07, 6.45) is 0. The Bertz CT molecular complexity index is 357. The van der Waals surface area contributed by atoms with Crippen molar-refractivity contribution in [1.82, 2.24) is 0 Å². The molecule has 0 aliphatic carbocycles. The van der Waals surface area contributed by atoms with E-state index in [0.717, 1.165) is 5.75 Å². The molecular weight excluding hydrogens is 190 g/mol. The van der Waals surface area contributed by atoms with Crippen molar-refractivity contribution in [2.45, 2.75) is 37.3 Å². The fourth-order valence-electron chi connectivity index (χ4n) is 1.94. The van der Waals surface area contributed by atoms with Gasteiger partial charge in [-0.1, -0.05) is 18.2 Å².